The molecule has 0 saturated carbocycles. The SMILES string of the molecule is COCC(C)NC(N)=NCC(C)N1CCN(c2ccccc2)CC1.I. The smallest absolute Gasteiger partial charge is 0.188 e. The van der Waals surface area contributed by atoms with Gasteiger partial charge in [0.2, 0.25) is 0 Å². The van der Waals surface area contributed by atoms with E-state index in [1.54, 1.807) is 7.11 Å². The molecule has 0 amide bonds. The second-order valence-electron chi connectivity index (χ2n) is 6.43. The zero-order valence-electron chi connectivity index (χ0n) is 15.5. The van der Waals surface area contributed by atoms with E-state index in [0.717, 1.165) is 26.2 Å². The van der Waals surface area contributed by atoms with Crippen molar-refractivity contribution in [2.75, 3.05) is 51.3 Å². The second-order valence-corrected chi connectivity index (χ2v) is 6.43. The Labute approximate surface area is 168 Å². The van der Waals surface area contributed by atoms with Gasteiger partial charge in [0.25, 0.3) is 0 Å². The first-order valence-corrected chi connectivity index (χ1v) is 8.69. The van der Waals surface area contributed by atoms with Crippen molar-refractivity contribution in [3.8, 4) is 0 Å². The van der Waals surface area contributed by atoms with Gasteiger partial charge in [0.15, 0.2) is 5.96 Å². The molecule has 2 rings (SSSR count). The van der Waals surface area contributed by atoms with Crippen LogP contribution in [0.2, 0.25) is 0 Å². The Balaban J connectivity index is 0.00000312. The van der Waals surface area contributed by atoms with E-state index in [0.29, 0.717) is 25.2 Å². The van der Waals surface area contributed by atoms with Gasteiger partial charge in [-0.15, -0.1) is 24.0 Å². The highest BCUT2D eigenvalue weighted by Gasteiger charge is 2.21. The first-order chi connectivity index (χ1) is 11.6. The molecule has 1 saturated heterocycles. The van der Waals surface area contributed by atoms with Gasteiger partial charge in [0.05, 0.1) is 13.2 Å². The number of benzene rings is 1. The lowest BCUT2D eigenvalue weighted by Crippen LogP contribution is -2.50. The molecule has 0 aliphatic carbocycles. The second kappa shape index (κ2) is 11.5. The number of anilines is 1. The molecule has 142 valence electrons. The van der Waals surface area contributed by atoms with Gasteiger partial charge >= 0.3 is 0 Å². The van der Waals surface area contributed by atoms with Gasteiger partial charge in [-0.2, -0.15) is 0 Å². The molecule has 0 spiro atoms. The lowest BCUT2D eigenvalue weighted by atomic mass is 10.2. The number of nitrogens with zero attached hydrogens (tertiary/aromatic N) is 3. The summed E-state index contributed by atoms with van der Waals surface area (Å²) in [4.78, 5) is 9.39. The Morgan fingerprint density at radius 1 is 1.20 bits per heavy atom. The number of para-hydroxylation sites is 1. The molecular formula is C18H32IN5O. The van der Waals surface area contributed by atoms with Crippen LogP contribution in [0.1, 0.15) is 13.8 Å². The molecule has 25 heavy (non-hydrogen) atoms. The van der Waals surface area contributed by atoms with E-state index in [9.17, 15) is 0 Å². The normalized spacial score (nSPS) is 18.4. The number of hydrogen-bond donors (Lipinski definition) is 2. The minimum atomic E-state index is 0. The molecule has 1 aliphatic heterocycles. The fraction of sp³-hybridized carbons (Fsp3) is 0.611. The van der Waals surface area contributed by atoms with E-state index >= 15 is 0 Å². The minimum absolute atomic E-state index is 0. The van der Waals surface area contributed by atoms with Crippen molar-refractivity contribution in [2.45, 2.75) is 25.9 Å². The minimum Gasteiger partial charge on any atom is -0.383 e. The summed E-state index contributed by atoms with van der Waals surface area (Å²) >= 11 is 0. The average Bonchev–Trinajstić information content (AvgIpc) is 2.61. The van der Waals surface area contributed by atoms with Crippen LogP contribution in [-0.4, -0.2) is 69.4 Å². The van der Waals surface area contributed by atoms with Crippen LogP contribution in [0.15, 0.2) is 35.3 Å². The number of guanidine groups is 1. The first-order valence-electron chi connectivity index (χ1n) is 8.69. The lowest BCUT2D eigenvalue weighted by molar-refractivity contribution is 0.179. The number of hydrogen-bond acceptors (Lipinski definition) is 4. The van der Waals surface area contributed by atoms with Crippen LogP contribution in [0, 0.1) is 0 Å². The summed E-state index contributed by atoms with van der Waals surface area (Å²) in [5, 5.41) is 3.14. The highest BCUT2D eigenvalue weighted by atomic mass is 127. The molecule has 0 bridgehead atoms. The molecule has 1 heterocycles. The van der Waals surface area contributed by atoms with Crippen molar-refractivity contribution in [2.24, 2.45) is 10.7 Å². The van der Waals surface area contributed by atoms with Crippen molar-refractivity contribution >= 4 is 35.6 Å². The van der Waals surface area contributed by atoms with Gasteiger partial charge in [-0.1, -0.05) is 18.2 Å². The number of rotatable bonds is 7. The summed E-state index contributed by atoms with van der Waals surface area (Å²) in [5.74, 6) is 0.495. The number of aliphatic imine (C=N–C) groups is 1. The monoisotopic (exact) mass is 461 g/mol. The Morgan fingerprint density at radius 2 is 1.84 bits per heavy atom. The summed E-state index contributed by atoms with van der Waals surface area (Å²) in [5.41, 5.74) is 7.25. The molecule has 1 aromatic carbocycles. The topological polar surface area (TPSA) is 66.1 Å². The fourth-order valence-corrected chi connectivity index (χ4v) is 3.00. The van der Waals surface area contributed by atoms with Crippen LogP contribution in [0.25, 0.3) is 0 Å². The van der Waals surface area contributed by atoms with Crippen LogP contribution in [0.5, 0.6) is 0 Å². The molecular weight excluding hydrogens is 429 g/mol. The molecule has 1 aromatic rings. The highest BCUT2D eigenvalue weighted by Crippen LogP contribution is 2.16. The summed E-state index contributed by atoms with van der Waals surface area (Å²) in [6, 6.07) is 11.2. The van der Waals surface area contributed by atoms with Crippen LogP contribution < -0.4 is 16.0 Å². The summed E-state index contributed by atoms with van der Waals surface area (Å²) in [6.45, 7) is 9.79. The standard InChI is InChI=1S/C18H31N5O.HI/c1-15(14-24-3)21-18(19)20-13-16(2)22-9-11-23(12-10-22)17-7-5-4-6-8-17;/h4-8,15-16H,9-14H2,1-3H3,(H3,19,20,21);1H. The molecule has 2 atom stereocenters. The Kier molecular flexibility index (Phi) is 10.1. The zero-order valence-corrected chi connectivity index (χ0v) is 17.8. The van der Waals surface area contributed by atoms with Crippen LogP contribution >= 0.6 is 24.0 Å². The van der Waals surface area contributed by atoms with E-state index in [2.05, 4.69) is 57.4 Å². The van der Waals surface area contributed by atoms with Gasteiger partial charge in [-0.05, 0) is 26.0 Å². The van der Waals surface area contributed by atoms with Gasteiger partial charge in [-0.3, -0.25) is 9.89 Å². The van der Waals surface area contributed by atoms with Gasteiger partial charge in [0.1, 0.15) is 0 Å². The third-order valence-electron chi connectivity index (χ3n) is 4.40. The quantitative estimate of drug-likeness (QED) is 0.368. The molecule has 0 radical (unpaired) electrons. The molecule has 7 heteroatoms. The Bertz CT molecular complexity index is 505. The highest BCUT2D eigenvalue weighted by molar-refractivity contribution is 14.0. The van der Waals surface area contributed by atoms with E-state index in [4.69, 9.17) is 10.5 Å². The Hall–Kier alpha value is -1.06. The van der Waals surface area contributed by atoms with Gasteiger partial charge < -0.3 is 20.7 Å². The molecule has 3 N–H and O–H groups in total. The predicted molar refractivity (Wildman–Crippen MR) is 116 cm³/mol. The van der Waals surface area contributed by atoms with Gasteiger partial charge in [0, 0.05) is 51.1 Å². The van der Waals surface area contributed by atoms with Crippen LogP contribution in [0.4, 0.5) is 5.69 Å². The number of nitrogens with one attached hydrogen (secondary N) is 1. The predicted octanol–water partition coefficient (Wildman–Crippen LogP) is 1.75. The van der Waals surface area contributed by atoms with E-state index in [-0.39, 0.29) is 30.0 Å². The number of piperazine rings is 1. The number of methoxy groups -OCH3 is 1. The summed E-state index contributed by atoms with van der Waals surface area (Å²) in [6.07, 6.45) is 0. The number of ether oxygens (including phenoxy) is 1. The van der Waals surface area contributed by atoms with Crippen molar-refractivity contribution < 1.29 is 4.74 Å². The maximum absolute atomic E-state index is 5.94. The third-order valence-corrected chi connectivity index (χ3v) is 4.40. The van der Waals surface area contributed by atoms with Gasteiger partial charge in [-0.25, -0.2) is 0 Å². The third kappa shape index (κ3) is 7.37. The zero-order chi connectivity index (χ0) is 17.4. The van der Waals surface area contributed by atoms with Crippen molar-refractivity contribution in [1.82, 2.24) is 10.2 Å². The van der Waals surface area contributed by atoms with Crippen LogP contribution in [0.3, 0.4) is 0 Å². The maximum atomic E-state index is 5.94. The van der Waals surface area contributed by atoms with Crippen LogP contribution in [-0.2, 0) is 4.74 Å². The van der Waals surface area contributed by atoms with E-state index < -0.39 is 0 Å². The largest absolute Gasteiger partial charge is 0.383 e. The molecule has 0 aromatic heterocycles. The number of nitrogens with two attached hydrogens (primary N) is 1. The van der Waals surface area contributed by atoms with E-state index in [1.165, 1.54) is 5.69 Å². The van der Waals surface area contributed by atoms with Crippen molar-refractivity contribution in [1.29, 1.82) is 0 Å². The maximum Gasteiger partial charge on any atom is 0.188 e. The first kappa shape index (κ1) is 22.0. The molecule has 6 nitrogen and oxygen atoms in total. The Morgan fingerprint density at radius 3 is 2.44 bits per heavy atom. The molecule has 1 fully saturated rings. The summed E-state index contributed by atoms with van der Waals surface area (Å²) in [7, 11) is 1.68. The fourth-order valence-electron chi connectivity index (χ4n) is 3.00. The lowest BCUT2D eigenvalue weighted by Gasteiger charge is -2.38. The van der Waals surface area contributed by atoms with E-state index in [1.807, 2.05) is 6.92 Å². The molecule has 2 unspecified atom stereocenters. The molecule has 1 aliphatic rings. The number of halogens is 1. The van der Waals surface area contributed by atoms with Crippen molar-refractivity contribution in [3.05, 3.63) is 30.3 Å². The average molecular weight is 461 g/mol. The van der Waals surface area contributed by atoms with Crippen molar-refractivity contribution in [3.63, 3.8) is 0 Å². The summed E-state index contributed by atoms with van der Waals surface area (Å²) < 4.78 is 5.09.